The molecule has 1 unspecified atom stereocenters. The third-order valence-electron chi connectivity index (χ3n) is 2.71. The van der Waals surface area contributed by atoms with E-state index in [2.05, 4.69) is 4.72 Å². The molecule has 17 heavy (non-hydrogen) atoms. The molecule has 1 aliphatic heterocycles. The normalized spacial score (nSPS) is 20.6. The molecule has 1 fully saturated rings. The van der Waals surface area contributed by atoms with Gasteiger partial charge in [0.05, 0.1) is 0 Å². The molecule has 1 heterocycles. The van der Waals surface area contributed by atoms with Gasteiger partial charge in [0.15, 0.2) is 0 Å². The van der Waals surface area contributed by atoms with E-state index in [4.69, 9.17) is 0 Å². The molecule has 0 aromatic heterocycles. The largest absolute Gasteiger partial charge is 0.243 e. The fraction of sp³-hybridized carbons (Fsp3) is 0.455. The predicted molar refractivity (Wildman–Crippen MR) is 67.0 cm³/mol. The molecule has 0 saturated carbocycles. The van der Waals surface area contributed by atoms with Gasteiger partial charge in [-0.2, -0.15) is 11.8 Å². The Kier molecular flexibility index (Phi) is 4.06. The third-order valence-corrected chi connectivity index (χ3v) is 5.40. The number of benzene rings is 1. The molecule has 1 aliphatic rings. The zero-order chi connectivity index (χ0) is 12.3. The molecule has 1 atom stereocenters. The van der Waals surface area contributed by atoms with Crippen LogP contribution in [-0.2, 0) is 10.0 Å². The maximum Gasteiger partial charge on any atom is 0.243 e. The molecule has 0 radical (unpaired) electrons. The van der Waals surface area contributed by atoms with Crippen LogP contribution in [0, 0.1) is 11.7 Å². The Balaban J connectivity index is 2.06. The first kappa shape index (κ1) is 12.9. The van der Waals surface area contributed by atoms with Crippen molar-refractivity contribution in [3.63, 3.8) is 0 Å². The molecular weight excluding hydrogens is 261 g/mol. The van der Waals surface area contributed by atoms with Crippen molar-refractivity contribution in [1.82, 2.24) is 4.72 Å². The second-order valence-electron chi connectivity index (χ2n) is 4.01. The highest BCUT2D eigenvalue weighted by Gasteiger charge is 2.21. The number of hydrogen-bond acceptors (Lipinski definition) is 3. The van der Waals surface area contributed by atoms with Gasteiger partial charge in [-0.15, -0.1) is 0 Å². The van der Waals surface area contributed by atoms with Crippen LogP contribution in [0.5, 0.6) is 0 Å². The van der Waals surface area contributed by atoms with E-state index < -0.39 is 15.8 Å². The molecule has 6 heteroatoms. The molecule has 1 N–H and O–H groups in total. The standard InChI is InChI=1S/C11H14FNO2S2/c12-10-3-1-2-4-11(10)17(14,15)13-7-9-5-6-16-8-9/h1-4,9,13H,5-8H2. The number of thioether (sulfide) groups is 1. The van der Waals surface area contributed by atoms with Gasteiger partial charge in [-0.3, -0.25) is 0 Å². The van der Waals surface area contributed by atoms with E-state index in [9.17, 15) is 12.8 Å². The summed E-state index contributed by atoms with van der Waals surface area (Å²) < 4.78 is 39.5. The van der Waals surface area contributed by atoms with Gasteiger partial charge in [0.25, 0.3) is 0 Å². The molecule has 1 aromatic rings. The third kappa shape index (κ3) is 3.20. The van der Waals surface area contributed by atoms with Crippen molar-refractivity contribution in [2.24, 2.45) is 5.92 Å². The van der Waals surface area contributed by atoms with Crippen LogP contribution in [-0.4, -0.2) is 26.5 Å². The minimum Gasteiger partial charge on any atom is -0.211 e. The minimum absolute atomic E-state index is 0.273. The summed E-state index contributed by atoms with van der Waals surface area (Å²) in [4.78, 5) is -0.273. The van der Waals surface area contributed by atoms with E-state index in [-0.39, 0.29) is 4.90 Å². The summed E-state index contributed by atoms with van der Waals surface area (Å²) >= 11 is 1.82. The van der Waals surface area contributed by atoms with E-state index >= 15 is 0 Å². The highest BCUT2D eigenvalue weighted by Crippen LogP contribution is 2.23. The van der Waals surface area contributed by atoms with Crippen molar-refractivity contribution in [3.8, 4) is 0 Å². The number of sulfonamides is 1. The summed E-state index contributed by atoms with van der Waals surface area (Å²) in [6.07, 6.45) is 1.02. The summed E-state index contributed by atoms with van der Waals surface area (Å²) in [5, 5.41) is 0. The summed E-state index contributed by atoms with van der Waals surface area (Å²) in [6, 6.07) is 5.42. The van der Waals surface area contributed by atoms with E-state index in [0.717, 1.165) is 24.0 Å². The van der Waals surface area contributed by atoms with Crippen LogP contribution in [0.4, 0.5) is 4.39 Å². The van der Waals surface area contributed by atoms with Crippen molar-refractivity contribution < 1.29 is 12.8 Å². The van der Waals surface area contributed by atoms with Crippen molar-refractivity contribution in [2.45, 2.75) is 11.3 Å². The average Bonchev–Trinajstić information content (AvgIpc) is 2.80. The Morgan fingerprint density at radius 2 is 2.18 bits per heavy atom. The van der Waals surface area contributed by atoms with E-state index in [1.165, 1.54) is 18.2 Å². The molecule has 1 saturated heterocycles. The number of halogens is 1. The molecule has 0 aliphatic carbocycles. The molecule has 0 spiro atoms. The average molecular weight is 275 g/mol. The maximum atomic E-state index is 13.4. The second kappa shape index (κ2) is 5.37. The van der Waals surface area contributed by atoms with E-state index in [1.54, 1.807) is 0 Å². The minimum atomic E-state index is -3.71. The monoisotopic (exact) mass is 275 g/mol. The highest BCUT2D eigenvalue weighted by molar-refractivity contribution is 7.99. The molecule has 0 bridgehead atoms. The van der Waals surface area contributed by atoms with Crippen LogP contribution >= 0.6 is 11.8 Å². The number of hydrogen-bond donors (Lipinski definition) is 1. The summed E-state index contributed by atoms with van der Waals surface area (Å²) in [6.45, 7) is 0.393. The second-order valence-corrected chi connectivity index (χ2v) is 6.90. The Bertz CT molecular complexity index is 484. The van der Waals surface area contributed by atoms with E-state index in [0.29, 0.717) is 12.5 Å². The molecule has 2 rings (SSSR count). The fourth-order valence-corrected chi connectivity index (χ4v) is 4.19. The predicted octanol–water partition coefficient (Wildman–Crippen LogP) is 1.86. The van der Waals surface area contributed by atoms with Crippen molar-refractivity contribution in [1.29, 1.82) is 0 Å². The molecular formula is C11H14FNO2S2. The summed E-state index contributed by atoms with van der Waals surface area (Å²) in [5.41, 5.74) is 0. The SMILES string of the molecule is O=S(=O)(NCC1CCSC1)c1ccccc1F. The lowest BCUT2D eigenvalue weighted by Gasteiger charge is -2.11. The number of nitrogens with one attached hydrogen (secondary N) is 1. The van der Waals surface area contributed by atoms with Crippen LogP contribution in [0.2, 0.25) is 0 Å². The summed E-state index contributed by atoms with van der Waals surface area (Å²) in [5.74, 6) is 1.70. The molecule has 0 amide bonds. The Morgan fingerprint density at radius 1 is 1.41 bits per heavy atom. The smallest absolute Gasteiger partial charge is 0.211 e. The van der Waals surface area contributed by atoms with Crippen molar-refractivity contribution in [3.05, 3.63) is 30.1 Å². The Morgan fingerprint density at radius 3 is 2.82 bits per heavy atom. The fourth-order valence-electron chi connectivity index (χ4n) is 1.71. The van der Waals surface area contributed by atoms with Crippen LogP contribution < -0.4 is 4.72 Å². The molecule has 3 nitrogen and oxygen atoms in total. The first-order valence-corrected chi connectivity index (χ1v) is 8.05. The van der Waals surface area contributed by atoms with Gasteiger partial charge >= 0.3 is 0 Å². The van der Waals surface area contributed by atoms with Gasteiger partial charge in [0, 0.05) is 6.54 Å². The number of rotatable bonds is 4. The van der Waals surface area contributed by atoms with Crippen molar-refractivity contribution in [2.75, 3.05) is 18.1 Å². The topological polar surface area (TPSA) is 46.2 Å². The van der Waals surface area contributed by atoms with Gasteiger partial charge in [-0.1, -0.05) is 12.1 Å². The lowest BCUT2D eigenvalue weighted by molar-refractivity contribution is 0.534. The van der Waals surface area contributed by atoms with Gasteiger partial charge in [-0.25, -0.2) is 17.5 Å². The van der Waals surface area contributed by atoms with Gasteiger partial charge in [-0.05, 0) is 36.0 Å². The first-order valence-electron chi connectivity index (χ1n) is 5.41. The summed E-state index contributed by atoms with van der Waals surface area (Å²) in [7, 11) is -3.71. The van der Waals surface area contributed by atoms with Gasteiger partial charge < -0.3 is 0 Å². The van der Waals surface area contributed by atoms with Crippen LogP contribution in [0.3, 0.4) is 0 Å². The van der Waals surface area contributed by atoms with Gasteiger partial charge in [0.2, 0.25) is 10.0 Å². The molecule has 94 valence electrons. The Hall–Kier alpha value is -0.590. The van der Waals surface area contributed by atoms with Crippen LogP contribution in [0.15, 0.2) is 29.2 Å². The van der Waals surface area contributed by atoms with Crippen molar-refractivity contribution >= 4 is 21.8 Å². The van der Waals surface area contributed by atoms with Crippen LogP contribution in [0.25, 0.3) is 0 Å². The van der Waals surface area contributed by atoms with Gasteiger partial charge in [0.1, 0.15) is 10.7 Å². The lowest BCUT2D eigenvalue weighted by Crippen LogP contribution is -2.30. The highest BCUT2D eigenvalue weighted by atomic mass is 32.2. The Labute approximate surface area is 105 Å². The zero-order valence-corrected chi connectivity index (χ0v) is 10.9. The van der Waals surface area contributed by atoms with E-state index in [1.807, 2.05) is 11.8 Å². The lowest BCUT2D eigenvalue weighted by atomic mass is 10.1. The maximum absolute atomic E-state index is 13.4. The molecule has 1 aromatic carbocycles. The zero-order valence-electron chi connectivity index (χ0n) is 9.23. The first-order chi connectivity index (χ1) is 8.09. The van der Waals surface area contributed by atoms with Crippen LogP contribution in [0.1, 0.15) is 6.42 Å². The quantitative estimate of drug-likeness (QED) is 0.912.